The lowest BCUT2D eigenvalue weighted by Crippen LogP contribution is -2.37. The second-order valence-electron chi connectivity index (χ2n) is 5.37. The van der Waals surface area contributed by atoms with Gasteiger partial charge < -0.3 is 10.1 Å². The fourth-order valence-corrected chi connectivity index (χ4v) is 4.08. The number of rotatable bonds is 5. The molecule has 1 N–H and O–H groups in total. The summed E-state index contributed by atoms with van der Waals surface area (Å²) in [4.78, 5) is 1.47. The van der Waals surface area contributed by atoms with Crippen LogP contribution in [-0.2, 0) is 11.2 Å². The predicted octanol–water partition coefficient (Wildman–Crippen LogP) is 3.21. The van der Waals surface area contributed by atoms with Crippen LogP contribution >= 0.6 is 27.3 Å². The van der Waals surface area contributed by atoms with E-state index in [9.17, 15) is 0 Å². The molecule has 1 saturated carbocycles. The van der Waals surface area contributed by atoms with Gasteiger partial charge in [0.1, 0.15) is 0 Å². The monoisotopic (exact) mass is 315 g/mol. The summed E-state index contributed by atoms with van der Waals surface area (Å²) in [6.07, 6.45) is 5.08. The molecular formula is C13H18BrNOS. The largest absolute Gasteiger partial charge is 0.381 e. The molecule has 1 unspecified atom stereocenters. The topological polar surface area (TPSA) is 21.3 Å². The number of ether oxygens (including phenoxy) is 1. The van der Waals surface area contributed by atoms with E-state index in [2.05, 4.69) is 32.7 Å². The van der Waals surface area contributed by atoms with Crippen LogP contribution in [0.15, 0.2) is 15.9 Å². The van der Waals surface area contributed by atoms with Crippen molar-refractivity contribution in [2.45, 2.75) is 31.7 Å². The van der Waals surface area contributed by atoms with E-state index in [0.29, 0.717) is 5.41 Å². The van der Waals surface area contributed by atoms with Crippen molar-refractivity contribution in [1.82, 2.24) is 5.32 Å². The van der Waals surface area contributed by atoms with Gasteiger partial charge in [-0.1, -0.05) is 0 Å². The minimum atomic E-state index is 0.340. The maximum atomic E-state index is 5.65. The van der Waals surface area contributed by atoms with Crippen LogP contribution in [0.2, 0.25) is 0 Å². The number of hydrogen-bond donors (Lipinski definition) is 1. The zero-order chi connectivity index (χ0) is 11.7. The highest BCUT2D eigenvalue weighted by molar-refractivity contribution is 9.10. The molecule has 0 spiro atoms. The molecule has 0 amide bonds. The minimum Gasteiger partial charge on any atom is -0.381 e. The molecular weight excluding hydrogens is 298 g/mol. The minimum absolute atomic E-state index is 0.340. The van der Waals surface area contributed by atoms with Gasteiger partial charge in [0.15, 0.2) is 0 Å². The van der Waals surface area contributed by atoms with Crippen LogP contribution in [0.4, 0.5) is 0 Å². The van der Waals surface area contributed by atoms with Crippen LogP contribution < -0.4 is 5.32 Å². The second-order valence-corrected chi connectivity index (χ2v) is 7.28. The average molecular weight is 316 g/mol. The third kappa shape index (κ3) is 3.11. The SMILES string of the molecule is Brc1csc(CC2(CNC3CC3)CCOC2)c1. The molecule has 4 heteroatoms. The Hall–Kier alpha value is 0.1000. The molecule has 1 aromatic heterocycles. The van der Waals surface area contributed by atoms with Crippen molar-refractivity contribution < 1.29 is 4.74 Å². The van der Waals surface area contributed by atoms with Crippen LogP contribution in [0.25, 0.3) is 0 Å². The smallest absolute Gasteiger partial charge is 0.0538 e. The first-order valence-corrected chi connectivity index (χ1v) is 7.97. The number of nitrogens with one attached hydrogen (secondary N) is 1. The Morgan fingerprint density at radius 3 is 3.00 bits per heavy atom. The fourth-order valence-electron chi connectivity index (χ4n) is 2.46. The summed E-state index contributed by atoms with van der Waals surface area (Å²) in [5, 5.41) is 5.85. The van der Waals surface area contributed by atoms with E-state index in [0.717, 1.165) is 32.2 Å². The summed E-state index contributed by atoms with van der Waals surface area (Å²) < 4.78 is 6.86. The lowest BCUT2D eigenvalue weighted by atomic mass is 9.83. The van der Waals surface area contributed by atoms with E-state index in [1.54, 1.807) is 0 Å². The van der Waals surface area contributed by atoms with Crippen molar-refractivity contribution in [1.29, 1.82) is 0 Å². The summed E-state index contributed by atoms with van der Waals surface area (Å²) >= 11 is 5.39. The Morgan fingerprint density at radius 2 is 2.41 bits per heavy atom. The van der Waals surface area contributed by atoms with Gasteiger partial charge in [-0.3, -0.25) is 0 Å². The maximum absolute atomic E-state index is 5.65. The zero-order valence-electron chi connectivity index (χ0n) is 9.88. The Bertz CT molecular complexity index is 383. The molecule has 1 aliphatic heterocycles. The third-order valence-electron chi connectivity index (χ3n) is 3.70. The second kappa shape index (κ2) is 5.00. The van der Waals surface area contributed by atoms with Crippen LogP contribution in [-0.4, -0.2) is 25.8 Å². The molecule has 2 aliphatic rings. The van der Waals surface area contributed by atoms with Gasteiger partial charge in [-0.25, -0.2) is 0 Å². The molecule has 2 fully saturated rings. The summed E-state index contributed by atoms with van der Waals surface area (Å²) in [7, 11) is 0. The van der Waals surface area contributed by atoms with E-state index < -0.39 is 0 Å². The normalized spacial score (nSPS) is 28.8. The molecule has 3 rings (SSSR count). The molecule has 0 aromatic carbocycles. The van der Waals surface area contributed by atoms with Crippen molar-refractivity contribution in [3.05, 3.63) is 20.8 Å². The van der Waals surface area contributed by atoms with Crippen LogP contribution in [0.1, 0.15) is 24.1 Å². The molecule has 94 valence electrons. The molecule has 1 aliphatic carbocycles. The first kappa shape index (κ1) is 12.2. The molecule has 0 bridgehead atoms. The summed E-state index contributed by atoms with van der Waals surface area (Å²) in [6.45, 7) is 2.97. The van der Waals surface area contributed by atoms with Gasteiger partial charge in [-0.05, 0) is 47.7 Å². The van der Waals surface area contributed by atoms with Crippen molar-refractivity contribution in [2.75, 3.05) is 19.8 Å². The lowest BCUT2D eigenvalue weighted by molar-refractivity contribution is 0.149. The Labute approximate surface area is 115 Å². The average Bonchev–Trinajstić information content (AvgIpc) is 2.90. The first-order valence-electron chi connectivity index (χ1n) is 6.30. The zero-order valence-corrected chi connectivity index (χ0v) is 12.3. The number of hydrogen-bond acceptors (Lipinski definition) is 3. The predicted molar refractivity (Wildman–Crippen MR) is 74.6 cm³/mol. The molecule has 1 aromatic rings. The fraction of sp³-hybridized carbons (Fsp3) is 0.692. The molecule has 0 radical (unpaired) electrons. The van der Waals surface area contributed by atoms with Crippen LogP contribution in [0.3, 0.4) is 0 Å². The van der Waals surface area contributed by atoms with Crippen LogP contribution in [0, 0.1) is 5.41 Å². The van der Waals surface area contributed by atoms with E-state index in [1.807, 2.05) is 11.3 Å². The van der Waals surface area contributed by atoms with E-state index in [-0.39, 0.29) is 0 Å². The highest BCUT2D eigenvalue weighted by Crippen LogP contribution is 2.35. The summed E-state index contributed by atoms with van der Waals surface area (Å²) in [5.41, 5.74) is 0.340. The number of thiophene rings is 1. The van der Waals surface area contributed by atoms with Gasteiger partial charge in [0, 0.05) is 39.3 Å². The van der Waals surface area contributed by atoms with Crippen LogP contribution in [0.5, 0.6) is 0 Å². The van der Waals surface area contributed by atoms with Gasteiger partial charge in [-0.15, -0.1) is 11.3 Å². The van der Waals surface area contributed by atoms with E-state index in [4.69, 9.17) is 4.74 Å². The molecule has 2 heterocycles. The van der Waals surface area contributed by atoms with Gasteiger partial charge >= 0.3 is 0 Å². The van der Waals surface area contributed by atoms with Gasteiger partial charge in [0.25, 0.3) is 0 Å². The molecule has 2 nitrogen and oxygen atoms in total. The molecule has 17 heavy (non-hydrogen) atoms. The Kier molecular flexibility index (Phi) is 3.57. The molecule has 1 saturated heterocycles. The summed E-state index contributed by atoms with van der Waals surface area (Å²) in [5.74, 6) is 0. The van der Waals surface area contributed by atoms with Crippen molar-refractivity contribution in [2.24, 2.45) is 5.41 Å². The Balaban J connectivity index is 1.65. The van der Waals surface area contributed by atoms with E-state index >= 15 is 0 Å². The highest BCUT2D eigenvalue weighted by atomic mass is 79.9. The number of halogens is 1. The highest BCUT2D eigenvalue weighted by Gasteiger charge is 2.36. The van der Waals surface area contributed by atoms with Crippen molar-refractivity contribution >= 4 is 27.3 Å². The standard InChI is InChI=1S/C13H18BrNOS/c14-10-5-12(17-7-10)6-13(3-4-16-9-13)8-15-11-1-2-11/h5,7,11,15H,1-4,6,8-9H2. The molecule has 1 atom stereocenters. The third-order valence-corrected chi connectivity index (χ3v) is 5.40. The first-order chi connectivity index (χ1) is 8.26. The Morgan fingerprint density at radius 1 is 1.53 bits per heavy atom. The van der Waals surface area contributed by atoms with Gasteiger partial charge in [0.2, 0.25) is 0 Å². The van der Waals surface area contributed by atoms with E-state index in [1.165, 1.54) is 28.6 Å². The lowest BCUT2D eigenvalue weighted by Gasteiger charge is -2.27. The van der Waals surface area contributed by atoms with Crippen molar-refractivity contribution in [3.63, 3.8) is 0 Å². The maximum Gasteiger partial charge on any atom is 0.0538 e. The summed E-state index contributed by atoms with van der Waals surface area (Å²) in [6, 6.07) is 3.05. The van der Waals surface area contributed by atoms with Gasteiger partial charge in [-0.2, -0.15) is 0 Å². The van der Waals surface area contributed by atoms with Gasteiger partial charge in [0.05, 0.1) is 6.61 Å². The van der Waals surface area contributed by atoms with Crippen molar-refractivity contribution in [3.8, 4) is 0 Å². The quantitative estimate of drug-likeness (QED) is 0.901.